The molecule has 2 heterocycles. The Labute approximate surface area is 161 Å². The first-order valence-electron chi connectivity index (χ1n) is 8.85. The van der Waals surface area contributed by atoms with E-state index in [1.165, 1.54) is 12.1 Å². The van der Waals surface area contributed by atoms with Gasteiger partial charge in [0.15, 0.2) is 0 Å². The van der Waals surface area contributed by atoms with Crippen LogP contribution in [0.25, 0.3) is 0 Å². The molecule has 0 bridgehead atoms. The van der Waals surface area contributed by atoms with E-state index in [9.17, 15) is 13.6 Å². The second-order valence-corrected chi connectivity index (χ2v) is 7.38. The average molecular weight is 392 g/mol. The number of hydrogen-bond acceptors (Lipinski definition) is 5. The van der Waals surface area contributed by atoms with Gasteiger partial charge in [0.25, 0.3) is 5.91 Å². The average Bonchev–Trinajstić information content (AvgIpc) is 2.66. The minimum atomic E-state index is -0.568. The normalized spacial score (nSPS) is 15.0. The van der Waals surface area contributed by atoms with E-state index in [-0.39, 0.29) is 5.91 Å². The van der Waals surface area contributed by atoms with E-state index in [0.29, 0.717) is 43.9 Å². The Bertz CT molecular complexity index is 760. The fourth-order valence-corrected chi connectivity index (χ4v) is 3.39. The lowest BCUT2D eigenvalue weighted by Gasteiger charge is -2.34. The number of halogens is 2. The molecule has 0 radical (unpaired) electrons. The molecule has 1 amide bonds. The van der Waals surface area contributed by atoms with Crippen molar-refractivity contribution in [1.29, 1.82) is 0 Å². The molecule has 3 rings (SSSR count). The van der Waals surface area contributed by atoms with Gasteiger partial charge in [-0.2, -0.15) is 0 Å². The molecule has 0 aliphatic carbocycles. The molecule has 5 nitrogen and oxygen atoms in total. The van der Waals surface area contributed by atoms with Crippen molar-refractivity contribution < 1.29 is 13.6 Å². The molecule has 0 saturated carbocycles. The molecule has 0 unspecified atom stereocenters. The Kier molecular flexibility index (Phi) is 6.63. The van der Waals surface area contributed by atoms with Gasteiger partial charge in [-0.3, -0.25) is 9.69 Å². The van der Waals surface area contributed by atoms with Crippen molar-refractivity contribution in [3.05, 3.63) is 59.3 Å². The molecule has 0 atom stereocenters. The molecule has 0 spiro atoms. The van der Waals surface area contributed by atoms with Gasteiger partial charge >= 0.3 is 0 Å². The van der Waals surface area contributed by atoms with E-state index in [1.807, 2.05) is 6.92 Å². The number of amides is 1. The van der Waals surface area contributed by atoms with Crippen molar-refractivity contribution in [2.24, 2.45) is 0 Å². The standard InChI is InChI=1S/C19H22F2N4OS/c1-2-27-23-18-4-3-15(12-22-18)19(26)25-7-5-24(6-8-25)13-14-9-16(20)11-17(21)10-14/h3-4,9-12H,2,5-8,13H2,1H3,(H,22,23). The molecule has 1 saturated heterocycles. The van der Waals surface area contributed by atoms with E-state index in [2.05, 4.69) is 14.6 Å². The van der Waals surface area contributed by atoms with Crippen LogP contribution >= 0.6 is 11.9 Å². The first-order valence-corrected chi connectivity index (χ1v) is 9.84. The van der Waals surface area contributed by atoms with E-state index in [0.717, 1.165) is 17.6 Å². The molecule has 2 aromatic rings. The summed E-state index contributed by atoms with van der Waals surface area (Å²) in [4.78, 5) is 20.8. The zero-order chi connectivity index (χ0) is 19.2. The number of anilines is 1. The monoisotopic (exact) mass is 392 g/mol. The van der Waals surface area contributed by atoms with Crippen LogP contribution in [0.1, 0.15) is 22.8 Å². The highest BCUT2D eigenvalue weighted by atomic mass is 32.2. The number of hydrogen-bond donors (Lipinski definition) is 1. The van der Waals surface area contributed by atoms with E-state index in [4.69, 9.17) is 0 Å². The Hall–Kier alpha value is -2.19. The van der Waals surface area contributed by atoms with Gasteiger partial charge in [-0.25, -0.2) is 13.8 Å². The predicted octanol–water partition coefficient (Wildman–Crippen LogP) is 3.40. The third-order valence-electron chi connectivity index (χ3n) is 4.32. The van der Waals surface area contributed by atoms with Gasteiger partial charge in [-0.1, -0.05) is 18.9 Å². The van der Waals surface area contributed by atoms with Crippen LogP contribution in [0, 0.1) is 11.6 Å². The third-order valence-corrected chi connectivity index (χ3v) is 4.96. The molecule has 1 aromatic heterocycles. The topological polar surface area (TPSA) is 48.5 Å². The first kappa shape index (κ1) is 19.6. The minimum absolute atomic E-state index is 0.0476. The number of rotatable bonds is 6. The van der Waals surface area contributed by atoms with Crippen LogP contribution in [0.3, 0.4) is 0 Å². The quantitative estimate of drug-likeness (QED) is 0.764. The van der Waals surface area contributed by atoms with Crippen molar-refractivity contribution in [2.45, 2.75) is 13.5 Å². The van der Waals surface area contributed by atoms with Crippen LogP contribution in [0.5, 0.6) is 0 Å². The summed E-state index contributed by atoms with van der Waals surface area (Å²) in [5.74, 6) is 0.469. The zero-order valence-electron chi connectivity index (χ0n) is 15.1. The lowest BCUT2D eigenvalue weighted by Crippen LogP contribution is -2.48. The summed E-state index contributed by atoms with van der Waals surface area (Å²) >= 11 is 1.55. The van der Waals surface area contributed by atoms with Crippen molar-refractivity contribution in [3.63, 3.8) is 0 Å². The van der Waals surface area contributed by atoms with E-state index >= 15 is 0 Å². The van der Waals surface area contributed by atoms with E-state index < -0.39 is 11.6 Å². The Morgan fingerprint density at radius 2 is 1.85 bits per heavy atom. The van der Waals surface area contributed by atoms with Crippen LogP contribution in [-0.4, -0.2) is 52.6 Å². The maximum Gasteiger partial charge on any atom is 0.255 e. The first-order chi connectivity index (χ1) is 13.0. The van der Waals surface area contributed by atoms with Gasteiger partial charge in [0.05, 0.1) is 5.56 Å². The Morgan fingerprint density at radius 1 is 1.15 bits per heavy atom. The fourth-order valence-electron chi connectivity index (χ4n) is 2.98. The molecule has 1 N–H and O–H groups in total. The van der Waals surface area contributed by atoms with Crippen LogP contribution in [-0.2, 0) is 6.54 Å². The Morgan fingerprint density at radius 3 is 2.44 bits per heavy atom. The van der Waals surface area contributed by atoms with Crippen LogP contribution in [0.15, 0.2) is 36.5 Å². The molecule has 1 aliphatic heterocycles. The summed E-state index contributed by atoms with van der Waals surface area (Å²) in [6, 6.07) is 7.13. The highest BCUT2D eigenvalue weighted by molar-refractivity contribution is 8.00. The molecule has 1 aliphatic rings. The molecule has 1 aromatic carbocycles. The van der Waals surface area contributed by atoms with Gasteiger partial charge in [0.1, 0.15) is 17.5 Å². The highest BCUT2D eigenvalue weighted by Gasteiger charge is 2.22. The molecular formula is C19H22F2N4OS. The zero-order valence-corrected chi connectivity index (χ0v) is 15.9. The largest absolute Gasteiger partial charge is 0.336 e. The number of nitrogens with zero attached hydrogens (tertiary/aromatic N) is 3. The summed E-state index contributed by atoms with van der Waals surface area (Å²) in [7, 11) is 0. The lowest BCUT2D eigenvalue weighted by atomic mass is 10.1. The highest BCUT2D eigenvalue weighted by Crippen LogP contribution is 2.15. The maximum absolute atomic E-state index is 13.3. The number of piperazine rings is 1. The second kappa shape index (κ2) is 9.14. The summed E-state index contributed by atoms with van der Waals surface area (Å²) < 4.78 is 29.7. The number of pyridine rings is 1. The molecule has 144 valence electrons. The molecular weight excluding hydrogens is 370 g/mol. The SMILES string of the molecule is CCSNc1ccc(C(=O)N2CCN(Cc3cc(F)cc(F)c3)CC2)cn1. The van der Waals surface area contributed by atoms with Crippen LogP contribution < -0.4 is 4.72 Å². The third kappa shape index (κ3) is 5.40. The molecule has 8 heteroatoms. The maximum atomic E-state index is 13.3. The smallest absolute Gasteiger partial charge is 0.255 e. The van der Waals surface area contributed by atoms with Crippen molar-refractivity contribution in [3.8, 4) is 0 Å². The number of benzene rings is 1. The summed E-state index contributed by atoms with van der Waals surface area (Å²) in [5, 5.41) is 0. The molecule has 1 fully saturated rings. The van der Waals surface area contributed by atoms with Crippen molar-refractivity contribution >= 4 is 23.7 Å². The number of carbonyl (C=O) groups excluding carboxylic acids is 1. The Balaban J connectivity index is 1.53. The second-order valence-electron chi connectivity index (χ2n) is 6.31. The van der Waals surface area contributed by atoms with Gasteiger partial charge in [-0.05, 0) is 29.8 Å². The summed E-state index contributed by atoms with van der Waals surface area (Å²) in [6.07, 6.45) is 1.59. The predicted molar refractivity (Wildman–Crippen MR) is 104 cm³/mol. The fraction of sp³-hybridized carbons (Fsp3) is 0.368. The molecule has 27 heavy (non-hydrogen) atoms. The van der Waals surface area contributed by atoms with Crippen LogP contribution in [0.2, 0.25) is 0 Å². The van der Waals surface area contributed by atoms with Gasteiger partial charge < -0.3 is 9.62 Å². The van der Waals surface area contributed by atoms with Gasteiger partial charge in [0, 0.05) is 50.7 Å². The summed E-state index contributed by atoms with van der Waals surface area (Å²) in [6.45, 7) is 4.96. The van der Waals surface area contributed by atoms with Crippen molar-refractivity contribution in [1.82, 2.24) is 14.8 Å². The minimum Gasteiger partial charge on any atom is -0.336 e. The number of nitrogens with one attached hydrogen (secondary N) is 1. The number of aromatic nitrogens is 1. The van der Waals surface area contributed by atoms with Crippen molar-refractivity contribution in [2.75, 3.05) is 36.7 Å². The van der Waals surface area contributed by atoms with E-state index in [1.54, 1.807) is 35.2 Å². The van der Waals surface area contributed by atoms with Crippen LogP contribution in [0.4, 0.5) is 14.6 Å². The number of carbonyl (C=O) groups is 1. The van der Waals surface area contributed by atoms with Gasteiger partial charge in [-0.15, -0.1) is 0 Å². The lowest BCUT2D eigenvalue weighted by molar-refractivity contribution is 0.0628. The summed E-state index contributed by atoms with van der Waals surface area (Å²) in [5.41, 5.74) is 1.16. The van der Waals surface area contributed by atoms with Gasteiger partial charge in [0.2, 0.25) is 0 Å².